The first-order chi connectivity index (χ1) is 4.89. The lowest BCUT2D eigenvalue weighted by molar-refractivity contribution is -0.130. The molecule has 0 N–H and O–H groups in total. The van der Waals surface area contributed by atoms with Crippen LogP contribution in [-0.4, -0.2) is 31.2 Å². The normalized spacial score (nSPS) is 57.6. The largest absolute Gasteiger partial charge is 0.364 e. The molecule has 3 heteroatoms. The number of hydrogen-bond acceptors (Lipinski definition) is 3. The van der Waals surface area contributed by atoms with Crippen LogP contribution in [0.5, 0.6) is 0 Å². The molecule has 3 aliphatic rings. The number of ether oxygens (including phenoxy) is 3. The van der Waals surface area contributed by atoms with E-state index in [9.17, 15) is 0 Å². The highest BCUT2D eigenvalue weighted by molar-refractivity contribution is 5.01. The first-order valence-corrected chi connectivity index (χ1v) is 3.80. The lowest BCUT2D eigenvalue weighted by Gasteiger charge is -2.23. The Balaban J connectivity index is 1.89. The second-order valence-electron chi connectivity index (χ2n) is 3.32. The van der Waals surface area contributed by atoms with E-state index in [1.165, 1.54) is 0 Å². The molecule has 0 aromatic rings. The van der Waals surface area contributed by atoms with Crippen molar-refractivity contribution in [2.75, 3.05) is 13.2 Å². The zero-order chi connectivity index (χ0) is 6.60. The first kappa shape index (κ1) is 5.52. The van der Waals surface area contributed by atoms with Crippen molar-refractivity contribution in [2.24, 2.45) is 0 Å². The Morgan fingerprint density at radius 3 is 3.10 bits per heavy atom. The molecule has 0 aromatic heterocycles. The third kappa shape index (κ3) is 0.557. The zero-order valence-electron chi connectivity index (χ0n) is 5.71. The summed E-state index contributed by atoms with van der Waals surface area (Å²) in [6.07, 6.45) is 2.56. The molecule has 56 valence electrons. The van der Waals surface area contributed by atoms with E-state index in [4.69, 9.17) is 14.2 Å². The van der Waals surface area contributed by atoms with Crippen molar-refractivity contribution in [3.63, 3.8) is 0 Å². The van der Waals surface area contributed by atoms with Crippen LogP contribution in [0.25, 0.3) is 0 Å². The molecule has 0 radical (unpaired) electrons. The average Bonchev–Trinajstić information content (AvgIpc) is 2.63. The van der Waals surface area contributed by atoms with Gasteiger partial charge in [0.1, 0.15) is 5.60 Å². The fraction of sp³-hybridized carbons (Fsp3) is 1.00. The van der Waals surface area contributed by atoms with E-state index in [1.807, 2.05) is 0 Å². The van der Waals surface area contributed by atoms with E-state index in [0.717, 1.165) is 26.1 Å². The van der Waals surface area contributed by atoms with E-state index in [0.29, 0.717) is 6.10 Å². The molecule has 1 spiro atoms. The maximum absolute atomic E-state index is 5.53. The Morgan fingerprint density at radius 2 is 2.30 bits per heavy atom. The monoisotopic (exact) mass is 142 g/mol. The van der Waals surface area contributed by atoms with Crippen molar-refractivity contribution in [2.45, 2.75) is 30.8 Å². The van der Waals surface area contributed by atoms with Gasteiger partial charge in [-0.15, -0.1) is 0 Å². The molecule has 0 saturated carbocycles. The molecule has 0 amide bonds. The molecular formula is C7H10O3. The first-order valence-electron chi connectivity index (χ1n) is 3.80. The predicted octanol–water partition coefficient (Wildman–Crippen LogP) is 0.291. The maximum Gasteiger partial charge on any atom is 0.189 e. The summed E-state index contributed by atoms with van der Waals surface area (Å²) in [5.74, 6) is 0. The third-order valence-electron chi connectivity index (χ3n) is 2.58. The quantitative estimate of drug-likeness (QED) is 0.455. The van der Waals surface area contributed by atoms with Crippen molar-refractivity contribution < 1.29 is 14.2 Å². The van der Waals surface area contributed by atoms with Gasteiger partial charge in [0.2, 0.25) is 0 Å². The minimum atomic E-state index is -0.0359. The molecule has 3 heterocycles. The molecule has 1 unspecified atom stereocenters. The molecule has 0 aliphatic carbocycles. The molecule has 0 aromatic carbocycles. The van der Waals surface area contributed by atoms with Crippen LogP contribution in [0, 0.1) is 0 Å². The zero-order valence-corrected chi connectivity index (χ0v) is 5.71. The molecule has 2 bridgehead atoms. The van der Waals surface area contributed by atoms with Crippen LogP contribution in [0.3, 0.4) is 0 Å². The van der Waals surface area contributed by atoms with Crippen LogP contribution < -0.4 is 0 Å². The van der Waals surface area contributed by atoms with Crippen LogP contribution in [0.1, 0.15) is 12.8 Å². The van der Waals surface area contributed by atoms with Crippen molar-refractivity contribution in [3.05, 3.63) is 0 Å². The van der Waals surface area contributed by atoms with Crippen LogP contribution in [0.4, 0.5) is 0 Å². The molecule has 3 rings (SSSR count). The van der Waals surface area contributed by atoms with Crippen LogP contribution in [-0.2, 0) is 14.2 Å². The Kier molecular flexibility index (Phi) is 0.854. The van der Waals surface area contributed by atoms with Crippen LogP contribution >= 0.6 is 0 Å². The summed E-state index contributed by atoms with van der Waals surface area (Å²) in [5, 5.41) is 0. The SMILES string of the molecule is C1CC2(CO2)[C@H]2OC[C@@H]1O2. The van der Waals surface area contributed by atoms with E-state index in [-0.39, 0.29) is 11.9 Å². The summed E-state index contributed by atoms with van der Waals surface area (Å²) < 4.78 is 16.3. The van der Waals surface area contributed by atoms with Gasteiger partial charge in [0.05, 0.1) is 19.3 Å². The predicted molar refractivity (Wildman–Crippen MR) is 32.5 cm³/mol. The summed E-state index contributed by atoms with van der Waals surface area (Å²) in [6, 6.07) is 0. The Labute approximate surface area is 59.3 Å². The number of fused-ring (bicyclic) bond motifs is 3. The standard InChI is InChI=1S/C7H10O3/c1-2-7(4-9-7)6-8-3-5(1)10-6/h5-6H,1-4H2/t5-,6+,7?/m1/s1. The molecule has 3 atom stereocenters. The van der Waals surface area contributed by atoms with Crippen LogP contribution in [0.2, 0.25) is 0 Å². The van der Waals surface area contributed by atoms with Gasteiger partial charge in [-0.3, -0.25) is 0 Å². The lowest BCUT2D eigenvalue weighted by Crippen LogP contribution is -2.35. The van der Waals surface area contributed by atoms with E-state index >= 15 is 0 Å². The summed E-state index contributed by atoms with van der Waals surface area (Å²) in [6.45, 7) is 1.61. The number of rotatable bonds is 0. The van der Waals surface area contributed by atoms with Gasteiger partial charge in [0.15, 0.2) is 6.29 Å². The van der Waals surface area contributed by atoms with Gasteiger partial charge < -0.3 is 14.2 Å². The number of hydrogen-bond donors (Lipinski definition) is 0. The minimum absolute atomic E-state index is 0.00694. The average molecular weight is 142 g/mol. The molecule has 3 saturated heterocycles. The van der Waals surface area contributed by atoms with E-state index in [2.05, 4.69) is 0 Å². The van der Waals surface area contributed by atoms with Gasteiger partial charge in [0, 0.05) is 0 Å². The molecular weight excluding hydrogens is 132 g/mol. The highest BCUT2D eigenvalue weighted by Crippen LogP contribution is 2.45. The van der Waals surface area contributed by atoms with Crippen LogP contribution in [0.15, 0.2) is 0 Å². The summed E-state index contributed by atoms with van der Waals surface area (Å²) >= 11 is 0. The topological polar surface area (TPSA) is 31.0 Å². The summed E-state index contributed by atoms with van der Waals surface area (Å²) in [7, 11) is 0. The van der Waals surface area contributed by atoms with E-state index < -0.39 is 0 Å². The second-order valence-corrected chi connectivity index (χ2v) is 3.32. The fourth-order valence-corrected chi connectivity index (χ4v) is 1.77. The molecule has 3 fully saturated rings. The summed E-state index contributed by atoms with van der Waals surface area (Å²) in [5.41, 5.74) is -0.00694. The van der Waals surface area contributed by atoms with Gasteiger partial charge in [0.25, 0.3) is 0 Å². The maximum atomic E-state index is 5.53. The number of epoxide rings is 1. The highest BCUT2D eigenvalue weighted by Gasteiger charge is 2.58. The fourth-order valence-electron chi connectivity index (χ4n) is 1.77. The lowest BCUT2D eigenvalue weighted by atomic mass is 10.00. The molecule has 3 nitrogen and oxygen atoms in total. The minimum Gasteiger partial charge on any atom is -0.364 e. The van der Waals surface area contributed by atoms with Crippen molar-refractivity contribution in [1.29, 1.82) is 0 Å². The van der Waals surface area contributed by atoms with Gasteiger partial charge in [-0.05, 0) is 12.8 Å². The Hall–Kier alpha value is -0.120. The molecule has 10 heavy (non-hydrogen) atoms. The van der Waals surface area contributed by atoms with Crippen molar-refractivity contribution >= 4 is 0 Å². The Morgan fingerprint density at radius 1 is 1.40 bits per heavy atom. The Bertz CT molecular complexity index is 164. The van der Waals surface area contributed by atoms with Crippen molar-refractivity contribution in [1.82, 2.24) is 0 Å². The van der Waals surface area contributed by atoms with Gasteiger partial charge in [-0.1, -0.05) is 0 Å². The highest BCUT2D eigenvalue weighted by atomic mass is 16.8. The third-order valence-corrected chi connectivity index (χ3v) is 2.58. The smallest absolute Gasteiger partial charge is 0.189 e. The van der Waals surface area contributed by atoms with Crippen molar-refractivity contribution in [3.8, 4) is 0 Å². The molecule has 3 aliphatic heterocycles. The van der Waals surface area contributed by atoms with Gasteiger partial charge >= 0.3 is 0 Å². The van der Waals surface area contributed by atoms with Gasteiger partial charge in [-0.25, -0.2) is 0 Å². The second kappa shape index (κ2) is 1.55. The van der Waals surface area contributed by atoms with Gasteiger partial charge in [-0.2, -0.15) is 0 Å². The van der Waals surface area contributed by atoms with E-state index in [1.54, 1.807) is 0 Å². The summed E-state index contributed by atoms with van der Waals surface area (Å²) in [4.78, 5) is 0.